The van der Waals surface area contributed by atoms with E-state index in [0.717, 1.165) is 19.3 Å². The lowest BCUT2D eigenvalue weighted by molar-refractivity contribution is 0.168. The highest BCUT2D eigenvalue weighted by Gasteiger charge is 2.37. The first-order valence-electron chi connectivity index (χ1n) is 11.4. The molecule has 1 atom stereocenters. The number of benzene rings is 2. The standard InChI is InChI=1S/C23H29N3O6S2/c1-3-32-23(27)24-19-7-9-20(10-8-19)34(30,31)26-17(2)15-18-16-21(11-12-22(18)26)33(28,29)25-13-5-4-6-14-25/h7-12,16-17H,3-6,13-15H2,1-2H3,(H,24,27)/t17-/m0/s1. The second-order valence-corrected chi connectivity index (χ2v) is 12.2. The van der Waals surface area contributed by atoms with Crippen molar-refractivity contribution in [1.29, 1.82) is 0 Å². The first-order chi connectivity index (χ1) is 16.1. The molecule has 1 N–H and O–H groups in total. The molecule has 1 amide bonds. The summed E-state index contributed by atoms with van der Waals surface area (Å²) < 4.78 is 60.7. The van der Waals surface area contributed by atoms with E-state index in [4.69, 9.17) is 4.74 Å². The highest BCUT2D eigenvalue weighted by Crippen LogP contribution is 2.38. The smallest absolute Gasteiger partial charge is 0.411 e. The van der Waals surface area contributed by atoms with Crippen LogP contribution in [0.3, 0.4) is 0 Å². The van der Waals surface area contributed by atoms with E-state index in [-0.39, 0.29) is 22.4 Å². The molecule has 0 saturated carbocycles. The van der Waals surface area contributed by atoms with Gasteiger partial charge in [-0.1, -0.05) is 6.42 Å². The maximum atomic E-state index is 13.5. The molecule has 2 heterocycles. The van der Waals surface area contributed by atoms with E-state index in [9.17, 15) is 21.6 Å². The highest BCUT2D eigenvalue weighted by atomic mass is 32.2. The van der Waals surface area contributed by atoms with Crippen molar-refractivity contribution in [2.24, 2.45) is 0 Å². The van der Waals surface area contributed by atoms with Gasteiger partial charge in [-0.15, -0.1) is 0 Å². The molecule has 1 fully saturated rings. The van der Waals surface area contributed by atoms with E-state index in [1.54, 1.807) is 26.0 Å². The minimum atomic E-state index is -3.90. The lowest BCUT2D eigenvalue weighted by atomic mass is 10.1. The van der Waals surface area contributed by atoms with Crippen molar-refractivity contribution in [2.75, 3.05) is 29.3 Å². The van der Waals surface area contributed by atoms with Crippen molar-refractivity contribution in [3.63, 3.8) is 0 Å². The average molecular weight is 508 g/mol. The second kappa shape index (κ2) is 9.55. The molecule has 11 heteroatoms. The van der Waals surface area contributed by atoms with Crippen molar-refractivity contribution in [2.45, 2.75) is 55.4 Å². The fourth-order valence-electron chi connectivity index (χ4n) is 4.47. The molecule has 0 spiro atoms. The molecule has 9 nitrogen and oxygen atoms in total. The Balaban J connectivity index is 1.60. The van der Waals surface area contributed by atoms with Crippen LogP contribution in [0.25, 0.3) is 0 Å². The van der Waals surface area contributed by atoms with Crippen LogP contribution in [0.4, 0.5) is 16.2 Å². The second-order valence-electron chi connectivity index (χ2n) is 8.48. The number of ether oxygens (including phenoxy) is 1. The summed E-state index contributed by atoms with van der Waals surface area (Å²) in [7, 11) is -7.50. The summed E-state index contributed by atoms with van der Waals surface area (Å²) in [6.45, 7) is 4.74. The molecule has 2 aliphatic heterocycles. The number of sulfonamides is 2. The van der Waals surface area contributed by atoms with Gasteiger partial charge in [-0.05, 0) is 81.1 Å². The van der Waals surface area contributed by atoms with Crippen molar-refractivity contribution in [3.05, 3.63) is 48.0 Å². The van der Waals surface area contributed by atoms with Crippen LogP contribution in [0.1, 0.15) is 38.7 Å². The maximum Gasteiger partial charge on any atom is 0.411 e. The van der Waals surface area contributed by atoms with Crippen LogP contribution in [0.2, 0.25) is 0 Å². The van der Waals surface area contributed by atoms with Crippen LogP contribution in [-0.2, 0) is 31.2 Å². The fourth-order valence-corrected chi connectivity index (χ4v) is 7.73. The monoisotopic (exact) mass is 507 g/mol. The van der Waals surface area contributed by atoms with Gasteiger partial charge in [0.2, 0.25) is 10.0 Å². The van der Waals surface area contributed by atoms with E-state index in [2.05, 4.69) is 5.32 Å². The SMILES string of the molecule is CCOC(=O)Nc1ccc(S(=O)(=O)N2c3ccc(S(=O)(=O)N4CCCCC4)cc3C[C@@H]2C)cc1. The summed E-state index contributed by atoms with van der Waals surface area (Å²) >= 11 is 0. The van der Waals surface area contributed by atoms with Gasteiger partial charge in [0.05, 0.1) is 22.1 Å². The summed E-state index contributed by atoms with van der Waals surface area (Å²) in [6, 6.07) is 10.2. The Labute approximate surface area is 200 Å². The van der Waals surface area contributed by atoms with Gasteiger partial charge in [0.25, 0.3) is 10.0 Å². The maximum absolute atomic E-state index is 13.5. The molecule has 34 heavy (non-hydrogen) atoms. The predicted molar refractivity (Wildman–Crippen MR) is 129 cm³/mol. The third-order valence-electron chi connectivity index (χ3n) is 6.09. The molecule has 0 bridgehead atoms. The van der Waals surface area contributed by atoms with E-state index < -0.39 is 26.1 Å². The summed E-state index contributed by atoms with van der Waals surface area (Å²) in [4.78, 5) is 11.9. The number of hydrogen-bond donors (Lipinski definition) is 1. The molecule has 1 saturated heterocycles. The average Bonchev–Trinajstić information content (AvgIpc) is 3.15. The third-order valence-corrected chi connectivity index (χ3v) is 9.93. The largest absolute Gasteiger partial charge is 0.450 e. The van der Waals surface area contributed by atoms with Gasteiger partial charge < -0.3 is 4.74 Å². The number of carbonyl (C=O) groups is 1. The number of anilines is 2. The molecular formula is C23H29N3O6S2. The number of carbonyl (C=O) groups excluding carboxylic acids is 1. The first kappa shape index (κ1) is 24.5. The van der Waals surface area contributed by atoms with Gasteiger partial charge in [-0.25, -0.2) is 21.6 Å². The Bertz CT molecular complexity index is 1270. The van der Waals surface area contributed by atoms with Crippen LogP contribution in [0.5, 0.6) is 0 Å². The molecule has 184 valence electrons. The van der Waals surface area contributed by atoms with Crippen molar-refractivity contribution in [3.8, 4) is 0 Å². The molecule has 0 aliphatic carbocycles. The van der Waals surface area contributed by atoms with Crippen molar-refractivity contribution < 1.29 is 26.4 Å². The van der Waals surface area contributed by atoms with E-state index >= 15 is 0 Å². The van der Waals surface area contributed by atoms with Crippen LogP contribution in [0, 0.1) is 0 Å². The van der Waals surface area contributed by atoms with Gasteiger partial charge >= 0.3 is 6.09 Å². The van der Waals surface area contributed by atoms with E-state index in [0.29, 0.717) is 36.4 Å². The number of rotatable bonds is 6. The van der Waals surface area contributed by atoms with Crippen LogP contribution in [0.15, 0.2) is 52.3 Å². The Morgan fingerprint density at radius 1 is 0.971 bits per heavy atom. The van der Waals surface area contributed by atoms with Crippen molar-refractivity contribution >= 4 is 37.5 Å². The number of amides is 1. The molecule has 2 aromatic carbocycles. The molecule has 0 unspecified atom stereocenters. The van der Waals surface area contributed by atoms with Gasteiger partial charge in [-0.3, -0.25) is 9.62 Å². The Morgan fingerprint density at radius 3 is 2.26 bits per heavy atom. The van der Waals surface area contributed by atoms with Gasteiger partial charge in [0, 0.05) is 24.8 Å². The first-order valence-corrected chi connectivity index (χ1v) is 14.2. The molecule has 2 aromatic rings. The number of nitrogens with zero attached hydrogens (tertiary/aromatic N) is 2. The molecule has 0 radical (unpaired) electrons. The van der Waals surface area contributed by atoms with Crippen molar-refractivity contribution in [1.82, 2.24) is 4.31 Å². The topological polar surface area (TPSA) is 113 Å². The number of piperidine rings is 1. The number of fused-ring (bicyclic) bond motifs is 1. The summed E-state index contributed by atoms with van der Waals surface area (Å²) in [5.74, 6) is 0. The molecule has 4 rings (SSSR count). The minimum absolute atomic E-state index is 0.0756. The zero-order valence-electron chi connectivity index (χ0n) is 19.2. The fraction of sp³-hybridized carbons (Fsp3) is 0.435. The Hall–Kier alpha value is -2.63. The van der Waals surface area contributed by atoms with Gasteiger partial charge in [-0.2, -0.15) is 4.31 Å². The van der Waals surface area contributed by atoms with Crippen LogP contribution in [-0.4, -0.2) is 53.0 Å². The van der Waals surface area contributed by atoms with Crippen LogP contribution < -0.4 is 9.62 Å². The Kier molecular flexibility index (Phi) is 6.88. The van der Waals surface area contributed by atoms with Crippen LogP contribution >= 0.6 is 0 Å². The number of hydrogen-bond acceptors (Lipinski definition) is 6. The highest BCUT2D eigenvalue weighted by molar-refractivity contribution is 7.93. The third kappa shape index (κ3) is 4.64. The predicted octanol–water partition coefficient (Wildman–Crippen LogP) is 3.57. The van der Waals surface area contributed by atoms with E-state index in [1.807, 2.05) is 0 Å². The van der Waals surface area contributed by atoms with Gasteiger partial charge in [0.1, 0.15) is 0 Å². The lowest BCUT2D eigenvalue weighted by Crippen LogP contribution is -2.36. The lowest BCUT2D eigenvalue weighted by Gasteiger charge is -2.26. The summed E-state index contributed by atoms with van der Waals surface area (Å²) in [5.41, 5.74) is 1.59. The zero-order valence-corrected chi connectivity index (χ0v) is 20.9. The molecule has 0 aromatic heterocycles. The Morgan fingerprint density at radius 2 is 1.62 bits per heavy atom. The normalized spacial score (nSPS) is 19.0. The quantitative estimate of drug-likeness (QED) is 0.640. The molecular weight excluding hydrogens is 478 g/mol. The molecule has 2 aliphatic rings. The zero-order chi connectivity index (χ0) is 24.5. The summed E-state index contributed by atoms with van der Waals surface area (Å²) in [6.07, 6.45) is 2.53. The van der Waals surface area contributed by atoms with E-state index in [1.165, 1.54) is 38.9 Å². The minimum Gasteiger partial charge on any atom is -0.450 e. The summed E-state index contributed by atoms with van der Waals surface area (Å²) in [5, 5.41) is 2.53. The van der Waals surface area contributed by atoms with Gasteiger partial charge in [0.15, 0.2) is 0 Å². The number of nitrogens with one attached hydrogen (secondary N) is 1.